The number of carbonyl (C=O) groups excluding carboxylic acids is 3. The number of benzene rings is 2. The molecule has 5 heterocycles. The van der Waals surface area contributed by atoms with Crippen molar-refractivity contribution in [2.45, 2.75) is 102 Å². The van der Waals surface area contributed by atoms with E-state index in [1.54, 1.807) is 14.0 Å². The lowest BCUT2D eigenvalue weighted by Gasteiger charge is -2.51. The van der Waals surface area contributed by atoms with Gasteiger partial charge < -0.3 is 43.9 Å². The topological polar surface area (TPSA) is 174 Å². The molecule has 6 unspecified atom stereocenters. The summed E-state index contributed by atoms with van der Waals surface area (Å²) in [5.74, 6) is -0.823. The number of ketones is 1. The lowest BCUT2D eigenvalue weighted by atomic mass is 9.63. The zero-order chi connectivity index (χ0) is 42.4. The third kappa shape index (κ3) is 7.43. The minimum absolute atomic E-state index is 0.00558. The average Bonchev–Trinajstić information content (AvgIpc) is 3.93. The molecule has 3 fully saturated rings. The number of carbonyl (C=O) groups is 3. The Bertz CT molecular complexity index is 2300. The summed E-state index contributed by atoms with van der Waals surface area (Å²) < 4.78 is 31.0. The molecule has 2 aromatic carbocycles. The van der Waals surface area contributed by atoms with Crippen molar-refractivity contribution in [1.29, 1.82) is 0 Å². The van der Waals surface area contributed by atoms with Gasteiger partial charge in [-0.15, -0.1) is 0 Å². The highest BCUT2D eigenvalue weighted by Crippen LogP contribution is 2.58. The molecule has 2 aliphatic carbocycles. The molecule has 61 heavy (non-hydrogen) atoms. The van der Waals surface area contributed by atoms with Crippen molar-refractivity contribution in [3.8, 4) is 17.2 Å². The number of methoxy groups -OCH3 is 1. The number of likely N-dealkylation sites (tertiary alicyclic amines) is 1. The predicted molar refractivity (Wildman–Crippen MR) is 224 cm³/mol. The second kappa shape index (κ2) is 17.4. The van der Waals surface area contributed by atoms with E-state index in [4.69, 9.17) is 23.7 Å². The van der Waals surface area contributed by atoms with E-state index in [2.05, 4.69) is 28.1 Å². The number of aliphatic hydroxyl groups is 3. The van der Waals surface area contributed by atoms with Gasteiger partial charge in [-0.2, -0.15) is 0 Å². The number of piperidine rings is 1. The standard InChI is InChI=1S/C48H58N2O11/c1-3-58-47(55)46-35(24-52)41-30-9-10-39(54)33(19-30)32-18-29-11-14-49-38(29)20-28(32)8-7-27(23-51)26-59-44-34-21-40(60-43(34)36(25-53)45(61-46)42(41)44)48(56)13-4-6-31-22-50(15-5-17-57-2)16-12-37(31)48/h11,18,20,24,27,31,33,37,40,51,53,56H,3-10,12-17,19,21-23,25-26H2,1-2H3. The van der Waals surface area contributed by atoms with Crippen LogP contribution in [0.4, 0.5) is 0 Å². The van der Waals surface area contributed by atoms with Crippen LogP contribution in [0, 0.1) is 17.8 Å². The van der Waals surface area contributed by atoms with Gasteiger partial charge in [0.25, 0.3) is 0 Å². The molecular formula is C48H58N2O11. The minimum atomic E-state index is -1.17. The van der Waals surface area contributed by atoms with E-state index >= 15 is 0 Å². The van der Waals surface area contributed by atoms with Crippen molar-refractivity contribution in [2.75, 3.05) is 59.7 Å². The number of aryl methyl sites for hydroxylation is 1. The first-order valence-electron chi connectivity index (χ1n) is 22.3. The zero-order valence-electron chi connectivity index (χ0n) is 35.3. The van der Waals surface area contributed by atoms with Gasteiger partial charge in [-0.05, 0) is 105 Å². The molecule has 6 atom stereocenters. The fourth-order valence-corrected chi connectivity index (χ4v) is 11.5. The van der Waals surface area contributed by atoms with Gasteiger partial charge in [0.2, 0.25) is 5.76 Å². The molecule has 0 amide bonds. The molecule has 2 saturated carbocycles. The Hall–Kier alpha value is -4.40. The van der Waals surface area contributed by atoms with Crippen LogP contribution in [0.1, 0.15) is 98.4 Å². The summed E-state index contributed by atoms with van der Waals surface area (Å²) in [5.41, 5.74) is 3.24. The zero-order valence-corrected chi connectivity index (χ0v) is 35.3. The van der Waals surface area contributed by atoms with E-state index in [0.29, 0.717) is 73.3 Å². The second-order valence-electron chi connectivity index (χ2n) is 17.9. The van der Waals surface area contributed by atoms with Crippen molar-refractivity contribution in [3.63, 3.8) is 0 Å². The quantitative estimate of drug-likeness (QED) is 0.181. The maximum Gasteiger partial charge on any atom is 0.375 e. The van der Waals surface area contributed by atoms with Crippen LogP contribution >= 0.6 is 0 Å². The molecule has 13 heteroatoms. The molecule has 3 N–H and O–H groups in total. The Morgan fingerprint density at radius 3 is 2.75 bits per heavy atom. The van der Waals surface area contributed by atoms with E-state index in [9.17, 15) is 29.7 Å². The second-order valence-corrected chi connectivity index (χ2v) is 17.9. The van der Waals surface area contributed by atoms with Gasteiger partial charge in [0.05, 0.1) is 48.4 Å². The lowest BCUT2D eigenvalue weighted by molar-refractivity contribution is -0.151. The SMILES string of the molecule is CCOC(=O)C1=C(C=O)C2=C3CCC(=O)C(C3)c3cc4c(cc3CCC(CO)COc3c5c(c(CO)c(c32)O1)OC(C1(O)CCCC2CN(CCCOC)CCC21)C5)=NCC=4. The van der Waals surface area contributed by atoms with Gasteiger partial charge in [-0.25, -0.2) is 4.79 Å². The summed E-state index contributed by atoms with van der Waals surface area (Å²) in [6.45, 7) is 5.08. The third-order valence-electron chi connectivity index (χ3n) is 14.5. The summed E-state index contributed by atoms with van der Waals surface area (Å²) in [6, 6.07) is 4.14. The summed E-state index contributed by atoms with van der Waals surface area (Å²) in [4.78, 5) is 48.4. The molecule has 2 aromatic rings. The highest BCUT2D eigenvalue weighted by molar-refractivity contribution is 6.11. The monoisotopic (exact) mass is 838 g/mol. The van der Waals surface area contributed by atoms with Crippen LogP contribution in [-0.2, 0) is 43.3 Å². The third-order valence-corrected chi connectivity index (χ3v) is 14.5. The maximum atomic E-state index is 14.1. The minimum Gasteiger partial charge on any atom is -0.492 e. The van der Waals surface area contributed by atoms with E-state index in [1.165, 1.54) is 0 Å². The summed E-state index contributed by atoms with van der Waals surface area (Å²) in [7, 11) is 1.72. The van der Waals surface area contributed by atoms with Crippen LogP contribution < -0.4 is 24.8 Å². The van der Waals surface area contributed by atoms with Gasteiger partial charge in [0.1, 0.15) is 34.7 Å². The van der Waals surface area contributed by atoms with E-state index < -0.39 is 30.2 Å². The Balaban J connectivity index is 1.20. The average molecular weight is 839 g/mol. The first-order chi connectivity index (χ1) is 29.7. The highest BCUT2D eigenvalue weighted by atomic mass is 16.6. The van der Waals surface area contributed by atoms with Crippen LogP contribution in [0.25, 0.3) is 11.6 Å². The predicted octanol–water partition coefficient (Wildman–Crippen LogP) is 3.42. The highest BCUT2D eigenvalue weighted by Gasteiger charge is 2.55. The normalized spacial score (nSPS) is 28.1. The van der Waals surface area contributed by atoms with Crippen LogP contribution in [-0.4, -0.2) is 110 Å². The number of allylic oxidation sites excluding steroid dienone is 3. The molecule has 9 rings (SSSR count). The first-order valence-corrected chi connectivity index (χ1v) is 22.3. The fourth-order valence-electron chi connectivity index (χ4n) is 11.5. The van der Waals surface area contributed by atoms with Crippen molar-refractivity contribution >= 4 is 29.7 Å². The van der Waals surface area contributed by atoms with Gasteiger partial charge >= 0.3 is 5.97 Å². The molecule has 0 spiro atoms. The number of nitrogens with zero attached hydrogens (tertiary/aromatic N) is 2. The molecule has 13 nitrogen and oxygen atoms in total. The molecule has 0 aromatic heterocycles. The van der Waals surface area contributed by atoms with Crippen LogP contribution in [0.3, 0.4) is 0 Å². The van der Waals surface area contributed by atoms with Crippen LogP contribution in [0.15, 0.2) is 34.0 Å². The molecular weight excluding hydrogens is 781 g/mol. The smallest absolute Gasteiger partial charge is 0.375 e. The number of hydrogen-bond acceptors (Lipinski definition) is 13. The number of Topliss-reactive ketones (excluding diaryl/α,β-unsaturated/α-hetero) is 1. The number of fused-ring (bicyclic) bond motifs is 8. The molecule has 0 radical (unpaired) electrons. The van der Waals surface area contributed by atoms with E-state index in [0.717, 1.165) is 72.6 Å². The Morgan fingerprint density at radius 1 is 1.10 bits per heavy atom. The summed E-state index contributed by atoms with van der Waals surface area (Å²) in [6.07, 6.45) is 8.43. The number of aldehydes is 1. The van der Waals surface area contributed by atoms with Crippen molar-refractivity contribution in [3.05, 3.63) is 67.4 Å². The number of ether oxygens (including phenoxy) is 5. The van der Waals surface area contributed by atoms with Crippen molar-refractivity contribution < 1.29 is 53.4 Å². The molecule has 1 saturated heterocycles. The molecule has 326 valence electrons. The van der Waals surface area contributed by atoms with Crippen molar-refractivity contribution in [2.24, 2.45) is 22.7 Å². The van der Waals surface area contributed by atoms with Gasteiger partial charge in [-0.3, -0.25) is 14.6 Å². The maximum absolute atomic E-state index is 14.1. The number of rotatable bonds is 10. The largest absolute Gasteiger partial charge is 0.492 e. The summed E-state index contributed by atoms with van der Waals surface area (Å²) >= 11 is 0. The molecule has 2 bridgehead atoms. The Labute approximate surface area is 356 Å². The number of hydrogen-bond donors (Lipinski definition) is 3. The van der Waals surface area contributed by atoms with E-state index in [-0.39, 0.29) is 85.3 Å². The lowest BCUT2D eigenvalue weighted by Crippen LogP contribution is -2.59. The van der Waals surface area contributed by atoms with Gasteiger partial charge in [-0.1, -0.05) is 18.1 Å². The Kier molecular flexibility index (Phi) is 12.0. The van der Waals surface area contributed by atoms with Crippen LogP contribution in [0.5, 0.6) is 17.2 Å². The summed E-state index contributed by atoms with van der Waals surface area (Å²) in [5, 5.41) is 36.8. The van der Waals surface area contributed by atoms with Crippen molar-refractivity contribution in [1.82, 2.24) is 4.90 Å². The molecule has 5 aliphatic heterocycles. The first kappa shape index (κ1) is 41.9. The fraction of sp³-hybridized carbons (Fsp3) is 0.583. The van der Waals surface area contributed by atoms with Crippen LogP contribution in [0.2, 0.25) is 0 Å². The Morgan fingerprint density at radius 2 is 1.97 bits per heavy atom. The molecule has 7 aliphatic rings. The number of aliphatic hydroxyl groups excluding tert-OH is 2. The van der Waals surface area contributed by atoms with Gasteiger partial charge in [0, 0.05) is 69.2 Å². The van der Waals surface area contributed by atoms with Gasteiger partial charge in [0.15, 0.2) is 6.29 Å². The number of esters is 1. The van der Waals surface area contributed by atoms with E-state index in [1.807, 2.05) is 0 Å².